The van der Waals surface area contributed by atoms with Gasteiger partial charge in [0.25, 0.3) is 0 Å². The van der Waals surface area contributed by atoms with E-state index < -0.39 is 0 Å². The fourth-order valence-corrected chi connectivity index (χ4v) is 0.959. The number of nitrogens with two attached hydrogens (primary N) is 1. The van der Waals surface area contributed by atoms with Gasteiger partial charge in [0.15, 0.2) is 5.28 Å². The second kappa shape index (κ2) is 3.99. The number of hydrogen-bond acceptors (Lipinski definition) is 4. The molecule has 12 heavy (non-hydrogen) atoms. The van der Waals surface area contributed by atoms with Gasteiger partial charge in [0.1, 0.15) is 5.82 Å². The first-order valence-corrected chi connectivity index (χ1v) is 3.21. The van der Waals surface area contributed by atoms with Crippen LogP contribution in [0.5, 0.6) is 0 Å². The maximum absolute atomic E-state index is 5.51. The Morgan fingerprint density at radius 3 is 2.92 bits per heavy atom. The van der Waals surface area contributed by atoms with Crippen molar-refractivity contribution in [3.05, 3.63) is 11.6 Å². The minimum atomic E-state index is 0. The van der Waals surface area contributed by atoms with Crippen LogP contribution in [0.25, 0.3) is 11.2 Å². The zero-order valence-electron chi connectivity index (χ0n) is 6.32. The van der Waals surface area contributed by atoms with Gasteiger partial charge in [-0.2, -0.15) is 0 Å². The molecule has 0 amide bonds. The Kier molecular flexibility index (Phi) is 3.44. The minimum absolute atomic E-state index is 0. The maximum Gasteiger partial charge on any atom is 1.00 e. The first-order valence-electron chi connectivity index (χ1n) is 2.84. The molecule has 2 heterocycles. The first kappa shape index (κ1) is 10.4. The fourth-order valence-electron chi connectivity index (χ4n) is 0.787. The summed E-state index contributed by atoms with van der Waals surface area (Å²) in [6.07, 6.45) is 1.37. The Labute approximate surface area is 116 Å². The molecule has 2 rings (SSSR count). The van der Waals surface area contributed by atoms with Crippen molar-refractivity contribution in [3.63, 3.8) is 0 Å². The second-order valence-corrected chi connectivity index (χ2v) is 2.26. The van der Waals surface area contributed by atoms with Crippen LogP contribution >= 0.6 is 11.6 Å². The number of hydrogen-bond donors (Lipinski definition) is 1. The topological polar surface area (TPSA) is 78.8 Å². The van der Waals surface area contributed by atoms with E-state index in [2.05, 4.69) is 19.9 Å². The summed E-state index contributed by atoms with van der Waals surface area (Å²) < 4.78 is 0. The van der Waals surface area contributed by atoms with Crippen molar-refractivity contribution in [2.45, 2.75) is 0 Å². The van der Waals surface area contributed by atoms with Gasteiger partial charge in [-0.25, -0.2) is 4.98 Å². The van der Waals surface area contributed by atoms with Crippen LogP contribution in [0, 0.1) is 0 Å². The van der Waals surface area contributed by atoms with Crippen LogP contribution in [0.15, 0.2) is 6.33 Å². The molecule has 0 radical (unpaired) electrons. The van der Waals surface area contributed by atoms with Gasteiger partial charge in [-0.05, 0) is 6.33 Å². The number of nitrogen functional groups attached to an aromatic ring is 1. The quantitative estimate of drug-likeness (QED) is 0.374. The Morgan fingerprint density at radius 1 is 1.42 bits per heavy atom. The number of fused-ring (bicyclic) bond motifs is 1. The van der Waals surface area contributed by atoms with Gasteiger partial charge in [-0.15, -0.1) is 0 Å². The molecule has 7 heteroatoms. The number of nitrogens with zero attached hydrogens (tertiary/aromatic N) is 4. The molecule has 0 aliphatic heterocycles. The molecule has 2 aromatic rings. The number of rotatable bonds is 0. The van der Waals surface area contributed by atoms with E-state index in [9.17, 15) is 0 Å². The molecule has 0 aliphatic rings. The molecule has 56 valence electrons. The van der Waals surface area contributed by atoms with E-state index in [1.54, 1.807) is 0 Å². The molecule has 2 N–H and O–H groups in total. The van der Waals surface area contributed by atoms with E-state index in [1.165, 1.54) is 6.33 Å². The van der Waals surface area contributed by atoms with Crippen molar-refractivity contribution in [1.82, 2.24) is 19.9 Å². The molecule has 0 spiro atoms. The van der Waals surface area contributed by atoms with Crippen molar-refractivity contribution in [2.24, 2.45) is 0 Å². The smallest absolute Gasteiger partial charge is 0.383 e. The van der Waals surface area contributed by atoms with E-state index in [0.29, 0.717) is 11.2 Å². The normalized spacial score (nSPS) is 9.75. The average Bonchev–Trinajstić information content (AvgIpc) is 2.34. The third kappa shape index (κ3) is 1.78. The van der Waals surface area contributed by atoms with Gasteiger partial charge in [-0.3, -0.25) is 0 Å². The van der Waals surface area contributed by atoms with Gasteiger partial charge in [0, 0.05) is 11.2 Å². The van der Waals surface area contributed by atoms with Crippen molar-refractivity contribution in [1.29, 1.82) is 0 Å². The van der Waals surface area contributed by atoms with Crippen molar-refractivity contribution in [3.8, 4) is 0 Å². The van der Waals surface area contributed by atoms with Crippen LogP contribution < -0.4 is 62.1 Å². The summed E-state index contributed by atoms with van der Waals surface area (Å²) in [4.78, 5) is 15.2. The van der Waals surface area contributed by atoms with Crippen molar-refractivity contribution in [2.75, 3.05) is 5.73 Å². The molecular weight excluding hydrogens is 205 g/mol. The molecular formula is C5H3ClKN5. The molecule has 0 bridgehead atoms. The van der Waals surface area contributed by atoms with E-state index in [0.717, 1.165) is 0 Å². The standard InChI is InChI=1S/C5H3ClN5.K/c6-5-10-3(7)2-4(11-5)9-1-8-2;/h1H,(H2-,7,8,9,10,11);/q-1;+1. The number of halogens is 1. The fraction of sp³-hybridized carbons (Fsp3) is 0. The molecule has 5 nitrogen and oxygen atoms in total. The summed E-state index contributed by atoms with van der Waals surface area (Å²) in [6, 6.07) is 0. The van der Waals surface area contributed by atoms with E-state index in [4.69, 9.17) is 17.3 Å². The largest absolute Gasteiger partial charge is 1.00 e. The summed E-state index contributed by atoms with van der Waals surface area (Å²) in [5.74, 6) is 0.262. The Balaban J connectivity index is 0.000000720. The van der Waals surface area contributed by atoms with Crippen LogP contribution in [0.3, 0.4) is 0 Å². The first-order chi connectivity index (χ1) is 5.27. The summed E-state index contributed by atoms with van der Waals surface area (Å²) in [5, 5.41) is 0.0931. The van der Waals surface area contributed by atoms with E-state index in [1.807, 2.05) is 0 Å². The molecule has 2 aromatic heterocycles. The molecule has 0 saturated heterocycles. The molecule has 0 saturated carbocycles. The van der Waals surface area contributed by atoms with Crippen LogP contribution in [0.1, 0.15) is 0 Å². The molecule has 0 atom stereocenters. The summed E-state index contributed by atoms with van der Waals surface area (Å²) in [7, 11) is 0. The average molecular weight is 208 g/mol. The monoisotopic (exact) mass is 207 g/mol. The number of anilines is 1. The van der Waals surface area contributed by atoms with Crippen molar-refractivity contribution < 1.29 is 51.4 Å². The maximum atomic E-state index is 5.51. The van der Waals surface area contributed by atoms with Gasteiger partial charge < -0.3 is 20.7 Å². The van der Waals surface area contributed by atoms with Crippen LogP contribution in [0.4, 0.5) is 5.82 Å². The minimum Gasteiger partial charge on any atom is -0.383 e. The molecule has 0 aromatic carbocycles. The van der Waals surface area contributed by atoms with Crippen LogP contribution in [-0.4, -0.2) is 15.0 Å². The number of imidazole rings is 1. The Hall–Kier alpha value is 0.276. The predicted octanol–water partition coefficient (Wildman–Crippen LogP) is -2.78. The zero-order valence-corrected chi connectivity index (χ0v) is 10.2. The van der Waals surface area contributed by atoms with E-state index in [-0.39, 0.29) is 62.5 Å². The second-order valence-electron chi connectivity index (χ2n) is 1.92. The van der Waals surface area contributed by atoms with Gasteiger partial charge in [0.05, 0.1) is 0 Å². The zero-order chi connectivity index (χ0) is 7.84. The summed E-state index contributed by atoms with van der Waals surface area (Å²) >= 11 is 5.51. The Bertz CT molecular complexity index is 400. The molecule has 0 unspecified atom stereocenters. The molecule has 0 fully saturated rings. The number of aromatic nitrogens is 4. The third-order valence-electron chi connectivity index (χ3n) is 1.23. The molecule has 0 aliphatic carbocycles. The van der Waals surface area contributed by atoms with Gasteiger partial charge >= 0.3 is 51.4 Å². The van der Waals surface area contributed by atoms with Gasteiger partial charge in [0.2, 0.25) is 0 Å². The summed E-state index contributed by atoms with van der Waals surface area (Å²) in [6.45, 7) is 0. The van der Waals surface area contributed by atoms with Crippen LogP contribution in [0.2, 0.25) is 5.28 Å². The SMILES string of the molecule is Nc1nc(Cl)nc2[n-]cnc12.[K+]. The summed E-state index contributed by atoms with van der Waals surface area (Å²) in [5.41, 5.74) is 6.39. The van der Waals surface area contributed by atoms with Crippen molar-refractivity contribution >= 4 is 28.6 Å². The van der Waals surface area contributed by atoms with E-state index >= 15 is 0 Å². The third-order valence-corrected chi connectivity index (χ3v) is 1.40. The van der Waals surface area contributed by atoms with Gasteiger partial charge in [-0.1, -0.05) is 11.6 Å². The Morgan fingerprint density at radius 2 is 2.17 bits per heavy atom. The van der Waals surface area contributed by atoms with Crippen LogP contribution in [-0.2, 0) is 0 Å². The predicted molar refractivity (Wildman–Crippen MR) is 40.1 cm³/mol.